The monoisotopic (exact) mass is 281 g/mol. The van der Waals surface area contributed by atoms with Gasteiger partial charge in [0, 0.05) is 17.9 Å². The number of fused-ring (bicyclic) bond motifs is 1. The van der Waals surface area contributed by atoms with Crippen LogP contribution in [0, 0.1) is 0 Å². The van der Waals surface area contributed by atoms with E-state index in [4.69, 9.17) is 0 Å². The third-order valence-electron chi connectivity index (χ3n) is 3.34. The lowest BCUT2D eigenvalue weighted by Gasteiger charge is -2.22. The van der Waals surface area contributed by atoms with Crippen molar-refractivity contribution in [1.82, 2.24) is 10.2 Å². The van der Waals surface area contributed by atoms with Crippen LogP contribution < -0.4 is 5.32 Å². The third-order valence-corrected chi connectivity index (χ3v) is 3.34. The fourth-order valence-corrected chi connectivity index (χ4v) is 2.35. The maximum absolute atomic E-state index is 12.5. The summed E-state index contributed by atoms with van der Waals surface area (Å²) in [4.78, 5) is 11.6. The predicted molar refractivity (Wildman–Crippen MR) is 65.1 cm³/mol. The van der Waals surface area contributed by atoms with E-state index in [2.05, 4.69) is 15.5 Å². The highest BCUT2D eigenvalue weighted by Crippen LogP contribution is 2.37. The molecule has 0 saturated heterocycles. The molecule has 0 aliphatic carbocycles. The van der Waals surface area contributed by atoms with E-state index in [-0.39, 0.29) is 18.2 Å². The van der Waals surface area contributed by atoms with E-state index in [1.165, 1.54) is 12.1 Å². The summed E-state index contributed by atoms with van der Waals surface area (Å²) in [6.07, 6.45) is -2.59. The summed E-state index contributed by atoms with van der Waals surface area (Å²) < 4.78 is 37.6. The lowest BCUT2D eigenvalue weighted by atomic mass is 9.87. The second-order valence-corrected chi connectivity index (χ2v) is 4.62. The third kappa shape index (κ3) is 2.15. The molecule has 1 aliphatic rings. The molecular weight excluding hydrogens is 271 g/mol. The predicted octanol–water partition coefficient (Wildman–Crippen LogP) is 2.90. The zero-order valence-corrected chi connectivity index (χ0v) is 10.2. The molecular formula is C13H10F3N3O. The first-order valence-electron chi connectivity index (χ1n) is 5.95. The Morgan fingerprint density at radius 2 is 1.90 bits per heavy atom. The molecule has 0 saturated carbocycles. The van der Waals surface area contributed by atoms with Crippen LogP contribution in [0.4, 0.5) is 19.0 Å². The maximum atomic E-state index is 12.5. The molecule has 0 fully saturated rings. The minimum atomic E-state index is -4.36. The van der Waals surface area contributed by atoms with Crippen molar-refractivity contribution in [3.8, 4) is 0 Å². The first-order valence-corrected chi connectivity index (χ1v) is 5.95. The zero-order valence-electron chi connectivity index (χ0n) is 10.2. The minimum Gasteiger partial charge on any atom is -0.311 e. The van der Waals surface area contributed by atoms with Crippen LogP contribution in [0.2, 0.25) is 0 Å². The highest BCUT2D eigenvalue weighted by Gasteiger charge is 2.32. The number of halogens is 3. The van der Waals surface area contributed by atoms with Gasteiger partial charge < -0.3 is 5.32 Å². The van der Waals surface area contributed by atoms with Crippen molar-refractivity contribution in [2.75, 3.05) is 5.32 Å². The Morgan fingerprint density at radius 3 is 2.55 bits per heavy atom. The average molecular weight is 281 g/mol. The van der Waals surface area contributed by atoms with E-state index in [1.54, 1.807) is 6.20 Å². The van der Waals surface area contributed by atoms with Crippen molar-refractivity contribution in [3.05, 3.63) is 47.2 Å². The van der Waals surface area contributed by atoms with E-state index in [0.29, 0.717) is 11.4 Å². The Bertz CT molecular complexity index is 646. The zero-order chi connectivity index (χ0) is 14.3. The molecule has 1 amide bonds. The van der Waals surface area contributed by atoms with E-state index in [1.807, 2.05) is 0 Å². The molecule has 0 unspecified atom stereocenters. The van der Waals surface area contributed by atoms with Crippen molar-refractivity contribution >= 4 is 11.7 Å². The minimum absolute atomic E-state index is 0.188. The van der Waals surface area contributed by atoms with Crippen LogP contribution in [-0.2, 0) is 11.0 Å². The average Bonchev–Trinajstić information content (AvgIpc) is 2.85. The molecule has 1 atom stereocenters. The number of anilines is 1. The first-order chi connectivity index (χ1) is 9.45. The molecule has 2 aromatic rings. The number of carbonyl (C=O) groups is 1. The Labute approximate surface area is 112 Å². The summed E-state index contributed by atoms with van der Waals surface area (Å²) in [7, 11) is 0. The highest BCUT2D eigenvalue weighted by molar-refractivity contribution is 5.94. The topological polar surface area (TPSA) is 57.8 Å². The number of H-pyrrole nitrogens is 1. The van der Waals surface area contributed by atoms with Crippen LogP contribution in [-0.4, -0.2) is 16.1 Å². The summed E-state index contributed by atoms with van der Waals surface area (Å²) in [5, 5.41) is 9.15. The molecule has 0 bridgehead atoms. The van der Waals surface area contributed by atoms with Crippen LogP contribution in [0.1, 0.15) is 29.0 Å². The van der Waals surface area contributed by atoms with Gasteiger partial charge in [0.1, 0.15) is 5.82 Å². The van der Waals surface area contributed by atoms with Crippen LogP contribution in [0.3, 0.4) is 0 Å². The summed E-state index contributed by atoms with van der Waals surface area (Å²) in [5.41, 5.74) is 0.744. The van der Waals surface area contributed by atoms with E-state index >= 15 is 0 Å². The number of aromatic nitrogens is 2. The number of rotatable bonds is 1. The molecule has 1 aliphatic heterocycles. The van der Waals surface area contributed by atoms with Gasteiger partial charge in [-0.1, -0.05) is 12.1 Å². The quantitative estimate of drug-likeness (QED) is 0.844. The number of nitrogens with one attached hydrogen (secondary N) is 2. The molecule has 3 rings (SSSR count). The van der Waals surface area contributed by atoms with Gasteiger partial charge in [0.05, 0.1) is 11.8 Å². The lowest BCUT2D eigenvalue weighted by molar-refractivity contribution is -0.137. The van der Waals surface area contributed by atoms with E-state index in [0.717, 1.165) is 17.7 Å². The molecule has 2 N–H and O–H groups in total. The standard InChI is InChI=1S/C13H10F3N3O/c14-13(15,16)8-3-1-7(2-4-8)9-5-11(20)18-12-10(9)6-17-19-12/h1-4,6,9H,5H2,(H2,17,18,19,20)/t9-/m1/s1. The van der Waals surface area contributed by atoms with Crippen LogP contribution >= 0.6 is 0 Å². The number of carbonyl (C=O) groups excluding carboxylic acids is 1. The van der Waals surface area contributed by atoms with Gasteiger partial charge in [-0.05, 0) is 17.7 Å². The van der Waals surface area contributed by atoms with E-state index in [9.17, 15) is 18.0 Å². The normalized spacial score (nSPS) is 18.6. The summed E-state index contributed by atoms with van der Waals surface area (Å²) in [5.74, 6) is 0.0394. The van der Waals surface area contributed by atoms with Crippen molar-refractivity contribution in [1.29, 1.82) is 0 Å². The van der Waals surface area contributed by atoms with Crippen LogP contribution in [0.5, 0.6) is 0 Å². The number of aromatic amines is 1. The summed E-state index contributed by atoms with van der Waals surface area (Å²) in [6.45, 7) is 0. The number of hydrogen-bond donors (Lipinski definition) is 2. The largest absolute Gasteiger partial charge is 0.416 e. The van der Waals surface area contributed by atoms with Crippen molar-refractivity contribution in [3.63, 3.8) is 0 Å². The molecule has 0 spiro atoms. The Morgan fingerprint density at radius 1 is 1.20 bits per heavy atom. The Balaban J connectivity index is 1.96. The molecule has 0 radical (unpaired) electrons. The van der Waals surface area contributed by atoms with Crippen LogP contribution in [0.25, 0.3) is 0 Å². The Kier molecular flexibility index (Phi) is 2.77. The fraction of sp³-hybridized carbons (Fsp3) is 0.231. The van der Waals surface area contributed by atoms with Gasteiger partial charge in [-0.3, -0.25) is 9.89 Å². The first kappa shape index (κ1) is 12.7. The van der Waals surface area contributed by atoms with Gasteiger partial charge in [-0.2, -0.15) is 18.3 Å². The van der Waals surface area contributed by atoms with Crippen LogP contribution in [0.15, 0.2) is 30.5 Å². The number of nitrogens with zero attached hydrogens (tertiary/aromatic N) is 1. The molecule has 104 valence electrons. The van der Waals surface area contributed by atoms with Crippen molar-refractivity contribution in [2.45, 2.75) is 18.5 Å². The second kappa shape index (κ2) is 4.36. The van der Waals surface area contributed by atoms with Crippen molar-refractivity contribution in [2.24, 2.45) is 0 Å². The smallest absolute Gasteiger partial charge is 0.311 e. The summed E-state index contributed by atoms with van der Waals surface area (Å²) in [6, 6.07) is 4.87. The number of alkyl halides is 3. The van der Waals surface area contributed by atoms with Gasteiger partial charge in [-0.25, -0.2) is 0 Å². The number of benzene rings is 1. The Hall–Kier alpha value is -2.31. The lowest BCUT2D eigenvalue weighted by Crippen LogP contribution is -2.23. The molecule has 1 aromatic carbocycles. The molecule has 1 aromatic heterocycles. The summed E-state index contributed by atoms with van der Waals surface area (Å²) >= 11 is 0. The fourth-order valence-electron chi connectivity index (χ4n) is 2.35. The van der Waals surface area contributed by atoms with Crippen molar-refractivity contribution < 1.29 is 18.0 Å². The second-order valence-electron chi connectivity index (χ2n) is 4.62. The molecule has 7 heteroatoms. The molecule has 2 heterocycles. The van der Waals surface area contributed by atoms with E-state index < -0.39 is 11.7 Å². The molecule has 4 nitrogen and oxygen atoms in total. The SMILES string of the molecule is O=C1C[C@H](c2ccc(C(F)(F)F)cc2)c2cn[nH]c2N1. The van der Waals surface area contributed by atoms with Gasteiger partial charge in [0.2, 0.25) is 5.91 Å². The van der Waals surface area contributed by atoms with Gasteiger partial charge in [0.25, 0.3) is 0 Å². The van der Waals surface area contributed by atoms with Gasteiger partial charge in [-0.15, -0.1) is 0 Å². The highest BCUT2D eigenvalue weighted by atomic mass is 19.4. The maximum Gasteiger partial charge on any atom is 0.416 e. The van der Waals surface area contributed by atoms with Gasteiger partial charge >= 0.3 is 6.18 Å². The number of hydrogen-bond acceptors (Lipinski definition) is 2. The van der Waals surface area contributed by atoms with Gasteiger partial charge in [0.15, 0.2) is 0 Å². The molecule has 20 heavy (non-hydrogen) atoms. The number of amides is 1.